The summed E-state index contributed by atoms with van der Waals surface area (Å²) in [5.41, 5.74) is -0.101. The van der Waals surface area contributed by atoms with Gasteiger partial charge < -0.3 is 9.84 Å². The van der Waals surface area contributed by atoms with Gasteiger partial charge in [-0.15, -0.1) is 0 Å². The second-order valence-corrected chi connectivity index (χ2v) is 4.84. The number of nitrogens with zero attached hydrogens (tertiary/aromatic N) is 2. The van der Waals surface area contributed by atoms with Gasteiger partial charge in [-0.1, -0.05) is 18.5 Å². The van der Waals surface area contributed by atoms with Crippen LogP contribution in [0.25, 0.3) is 0 Å². The topological polar surface area (TPSA) is 51.0 Å². The van der Waals surface area contributed by atoms with Crippen LogP contribution in [0.2, 0.25) is 0 Å². The van der Waals surface area contributed by atoms with Crippen molar-refractivity contribution in [3.8, 4) is 0 Å². The number of hydrogen-bond donors (Lipinski definition) is 1. The molecule has 1 aliphatic heterocycles. The first kappa shape index (κ1) is 11.6. The molecule has 1 aliphatic rings. The Bertz CT molecular complexity index is 329. The molecule has 0 aliphatic carbocycles. The summed E-state index contributed by atoms with van der Waals surface area (Å²) < 4.78 is 5.38. The molecule has 1 N–H and O–H groups in total. The third-order valence-corrected chi connectivity index (χ3v) is 3.31. The van der Waals surface area contributed by atoms with Crippen molar-refractivity contribution in [1.82, 2.24) is 15.5 Å². The molecule has 1 saturated heterocycles. The summed E-state index contributed by atoms with van der Waals surface area (Å²) in [6.07, 6.45) is 6.78. The molecule has 1 fully saturated rings. The molecule has 90 valence electrons. The largest absolute Gasteiger partial charge is 0.337 e. The van der Waals surface area contributed by atoms with Crippen LogP contribution in [-0.2, 0) is 12.0 Å². The van der Waals surface area contributed by atoms with Crippen molar-refractivity contribution in [2.75, 3.05) is 6.54 Å². The minimum atomic E-state index is -0.101. The Labute approximate surface area is 96.8 Å². The third-order valence-electron chi connectivity index (χ3n) is 3.31. The van der Waals surface area contributed by atoms with E-state index in [1.165, 1.54) is 19.3 Å². The second kappa shape index (κ2) is 4.95. The summed E-state index contributed by atoms with van der Waals surface area (Å²) in [5.74, 6) is 1.61. The van der Waals surface area contributed by atoms with E-state index < -0.39 is 0 Å². The summed E-state index contributed by atoms with van der Waals surface area (Å²) in [4.78, 5) is 4.50. The molecule has 0 radical (unpaired) electrons. The first-order valence-corrected chi connectivity index (χ1v) is 6.33. The maximum absolute atomic E-state index is 5.38. The lowest BCUT2D eigenvalue weighted by Gasteiger charge is -2.31. The Balaban J connectivity index is 2.05. The molecule has 1 atom stereocenters. The summed E-state index contributed by atoms with van der Waals surface area (Å²) in [7, 11) is 0. The average molecular weight is 223 g/mol. The van der Waals surface area contributed by atoms with Gasteiger partial charge in [-0.25, -0.2) is 0 Å². The number of nitrogens with one attached hydrogen (secondary N) is 1. The fraction of sp³-hybridized carbons (Fsp3) is 0.833. The fourth-order valence-corrected chi connectivity index (χ4v) is 2.15. The number of unbranched alkanes of at least 4 members (excludes halogenated alkanes) is 1. The van der Waals surface area contributed by atoms with Crippen molar-refractivity contribution in [2.45, 2.75) is 57.9 Å². The SMILES string of the molecule is CCCCc1noc(C2(C)CCCCN2)n1. The number of hydrogen-bond acceptors (Lipinski definition) is 4. The van der Waals surface area contributed by atoms with E-state index in [4.69, 9.17) is 4.52 Å². The lowest BCUT2D eigenvalue weighted by molar-refractivity contribution is 0.206. The van der Waals surface area contributed by atoms with E-state index in [-0.39, 0.29) is 5.54 Å². The molecule has 1 unspecified atom stereocenters. The standard InChI is InChI=1S/C12H21N3O/c1-3-4-7-10-14-11(16-15-10)12(2)8-5-6-9-13-12/h13H,3-9H2,1-2H3. The molecule has 2 heterocycles. The van der Waals surface area contributed by atoms with Crippen LogP contribution in [0.3, 0.4) is 0 Å². The summed E-state index contributed by atoms with van der Waals surface area (Å²) in [6.45, 7) is 5.37. The first-order valence-electron chi connectivity index (χ1n) is 6.33. The van der Waals surface area contributed by atoms with Crippen LogP contribution >= 0.6 is 0 Å². The molecule has 4 nitrogen and oxygen atoms in total. The van der Waals surface area contributed by atoms with Gasteiger partial charge in [0.15, 0.2) is 5.82 Å². The summed E-state index contributed by atoms with van der Waals surface area (Å²) in [5, 5.41) is 7.53. The van der Waals surface area contributed by atoms with Crippen LogP contribution in [0, 0.1) is 0 Å². The Morgan fingerprint density at radius 3 is 3.00 bits per heavy atom. The van der Waals surface area contributed by atoms with Gasteiger partial charge in [0.25, 0.3) is 0 Å². The molecule has 0 spiro atoms. The van der Waals surface area contributed by atoms with E-state index in [2.05, 4.69) is 29.3 Å². The smallest absolute Gasteiger partial charge is 0.246 e. The van der Waals surface area contributed by atoms with Gasteiger partial charge in [0.1, 0.15) is 0 Å². The van der Waals surface area contributed by atoms with Gasteiger partial charge in [-0.05, 0) is 39.2 Å². The normalized spacial score (nSPS) is 25.9. The predicted molar refractivity (Wildman–Crippen MR) is 62.1 cm³/mol. The van der Waals surface area contributed by atoms with E-state index in [0.29, 0.717) is 0 Å². The second-order valence-electron chi connectivity index (χ2n) is 4.84. The highest BCUT2D eigenvalue weighted by molar-refractivity contribution is 5.03. The minimum Gasteiger partial charge on any atom is -0.337 e. The van der Waals surface area contributed by atoms with Gasteiger partial charge in [-0.3, -0.25) is 0 Å². The van der Waals surface area contributed by atoms with Crippen molar-refractivity contribution < 1.29 is 4.52 Å². The maximum Gasteiger partial charge on any atom is 0.246 e. The number of rotatable bonds is 4. The van der Waals surface area contributed by atoms with Crippen LogP contribution in [-0.4, -0.2) is 16.7 Å². The molecule has 4 heteroatoms. The van der Waals surface area contributed by atoms with Gasteiger partial charge >= 0.3 is 0 Å². The summed E-state index contributed by atoms with van der Waals surface area (Å²) in [6, 6.07) is 0. The van der Waals surface area contributed by atoms with Crippen molar-refractivity contribution in [2.24, 2.45) is 0 Å². The predicted octanol–water partition coefficient (Wildman–Crippen LogP) is 2.40. The molecule has 0 amide bonds. The quantitative estimate of drug-likeness (QED) is 0.851. The maximum atomic E-state index is 5.38. The Kier molecular flexibility index (Phi) is 3.59. The lowest BCUT2D eigenvalue weighted by atomic mass is 9.91. The average Bonchev–Trinajstić information content (AvgIpc) is 2.77. The highest BCUT2D eigenvalue weighted by atomic mass is 16.5. The van der Waals surface area contributed by atoms with Crippen molar-refractivity contribution in [3.63, 3.8) is 0 Å². The molecule has 0 aromatic carbocycles. The highest BCUT2D eigenvalue weighted by Gasteiger charge is 2.33. The fourth-order valence-electron chi connectivity index (χ4n) is 2.15. The van der Waals surface area contributed by atoms with E-state index in [1.54, 1.807) is 0 Å². The number of aromatic nitrogens is 2. The molecule has 0 bridgehead atoms. The first-order chi connectivity index (χ1) is 7.74. The molecule has 1 aromatic heterocycles. The zero-order valence-corrected chi connectivity index (χ0v) is 10.3. The zero-order valence-electron chi connectivity index (χ0n) is 10.3. The Morgan fingerprint density at radius 2 is 2.31 bits per heavy atom. The zero-order chi connectivity index (χ0) is 11.4. The Hall–Kier alpha value is -0.900. The van der Waals surface area contributed by atoms with Gasteiger partial charge in [-0.2, -0.15) is 4.98 Å². The van der Waals surface area contributed by atoms with Crippen LogP contribution in [0.1, 0.15) is 57.7 Å². The third kappa shape index (κ3) is 2.43. The molecular weight excluding hydrogens is 202 g/mol. The van der Waals surface area contributed by atoms with E-state index >= 15 is 0 Å². The molecule has 16 heavy (non-hydrogen) atoms. The summed E-state index contributed by atoms with van der Waals surface area (Å²) >= 11 is 0. The Morgan fingerprint density at radius 1 is 1.44 bits per heavy atom. The van der Waals surface area contributed by atoms with Gasteiger partial charge in [0.05, 0.1) is 5.54 Å². The van der Waals surface area contributed by atoms with Gasteiger partial charge in [0, 0.05) is 6.42 Å². The van der Waals surface area contributed by atoms with Crippen LogP contribution < -0.4 is 5.32 Å². The molecule has 1 aromatic rings. The molecular formula is C12H21N3O. The highest BCUT2D eigenvalue weighted by Crippen LogP contribution is 2.28. The van der Waals surface area contributed by atoms with Crippen LogP contribution in [0.4, 0.5) is 0 Å². The van der Waals surface area contributed by atoms with Crippen molar-refractivity contribution in [3.05, 3.63) is 11.7 Å². The van der Waals surface area contributed by atoms with Crippen LogP contribution in [0.5, 0.6) is 0 Å². The number of aryl methyl sites for hydroxylation is 1. The number of piperidine rings is 1. The van der Waals surface area contributed by atoms with Crippen molar-refractivity contribution >= 4 is 0 Å². The van der Waals surface area contributed by atoms with Crippen LogP contribution in [0.15, 0.2) is 4.52 Å². The lowest BCUT2D eigenvalue weighted by Crippen LogP contribution is -2.43. The van der Waals surface area contributed by atoms with Gasteiger partial charge in [0.2, 0.25) is 5.89 Å². The van der Waals surface area contributed by atoms with E-state index in [9.17, 15) is 0 Å². The van der Waals surface area contributed by atoms with E-state index in [0.717, 1.165) is 37.5 Å². The molecule has 0 saturated carbocycles. The minimum absolute atomic E-state index is 0.101. The molecule has 2 rings (SSSR count). The monoisotopic (exact) mass is 223 g/mol. The van der Waals surface area contributed by atoms with Crippen molar-refractivity contribution in [1.29, 1.82) is 0 Å². The van der Waals surface area contributed by atoms with E-state index in [1.807, 2.05) is 0 Å².